The first-order valence-electron chi connectivity index (χ1n) is 7.25. The van der Waals surface area contributed by atoms with Gasteiger partial charge in [0.1, 0.15) is 0 Å². The molecule has 1 N–H and O–H groups in total. The molecule has 0 aliphatic carbocycles. The van der Waals surface area contributed by atoms with Crippen molar-refractivity contribution in [2.24, 2.45) is 0 Å². The van der Waals surface area contributed by atoms with E-state index in [1.807, 2.05) is 12.1 Å². The first kappa shape index (κ1) is 16.8. The van der Waals surface area contributed by atoms with E-state index in [-0.39, 0.29) is 5.75 Å². The second-order valence-corrected chi connectivity index (χ2v) is 7.51. The highest BCUT2D eigenvalue weighted by Gasteiger charge is 2.14. The summed E-state index contributed by atoms with van der Waals surface area (Å²) in [5.41, 5.74) is 2.36. The summed E-state index contributed by atoms with van der Waals surface area (Å²) in [5, 5.41) is 0.458. The van der Waals surface area contributed by atoms with Gasteiger partial charge >= 0.3 is 0 Å². The van der Waals surface area contributed by atoms with Crippen molar-refractivity contribution < 1.29 is 8.42 Å². The molecule has 22 heavy (non-hydrogen) atoms. The Balaban J connectivity index is 2.10. The maximum Gasteiger partial charge on any atom is 0.236 e. The Morgan fingerprint density at radius 3 is 2.32 bits per heavy atom. The van der Waals surface area contributed by atoms with E-state index < -0.39 is 10.0 Å². The number of benzene rings is 2. The fourth-order valence-corrected chi connectivity index (χ4v) is 3.66. The number of rotatable bonds is 6. The quantitative estimate of drug-likeness (QED) is 0.823. The lowest BCUT2D eigenvalue weighted by Crippen LogP contribution is -2.15. The van der Waals surface area contributed by atoms with Crippen molar-refractivity contribution in [1.82, 2.24) is 0 Å². The Kier molecular flexibility index (Phi) is 5.48. The van der Waals surface area contributed by atoms with Crippen LogP contribution in [0.25, 0.3) is 0 Å². The topological polar surface area (TPSA) is 46.2 Å². The van der Waals surface area contributed by atoms with Crippen LogP contribution in [0, 0.1) is 0 Å². The van der Waals surface area contributed by atoms with Crippen LogP contribution < -0.4 is 4.72 Å². The summed E-state index contributed by atoms with van der Waals surface area (Å²) in [6, 6.07) is 14.5. The maximum atomic E-state index is 12.2. The summed E-state index contributed by atoms with van der Waals surface area (Å²) in [5.74, 6) is 0.327. The van der Waals surface area contributed by atoms with Crippen molar-refractivity contribution in [3.8, 4) is 0 Å². The molecule has 0 aliphatic heterocycles. The molecule has 5 heteroatoms. The first-order valence-corrected chi connectivity index (χ1v) is 9.28. The highest BCUT2D eigenvalue weighted by Crippen LogP contribution is 2.22. The zero-order valence-corrected chi connectivity index (χ0v) is 14.3. The minimum absolute atomic E-state index is 0.139. The van der Waals surface area contributed by atoms with Crippen molar-refractivity contribution >= 4 is 27.3 Å². The molecule has 1 unspecified atom stereocenters. The Morgan fingerprint density at radius 1 is 1.09 bits per heavy atom. The summed E-state index contributed by atoms with van der Waals surface area (Å²) >= 11 is 6.01. The molecule has 0 heterocycles. The molecule has 3 nitrogen and oxygen atoms in total. The molecule has 0 spiro atoms. The Labute approximate surface area is 137 Å². The van der Waals surface area contributed by atoms with E-state index in [1.165, 1.54) is 5.56 Å². The zero-order valence-electron chi connectivity index (χ0n) is 12.7. The van der Waals surface area contributed by atoms with E-state index >= 15 is 0 Å². The summed E-state index contributed by atoms with van der Waals surface area (Å²) in [6.07, 6.45) is 1.05. The summed E-state index contributed by atoms with van der Waals surface area (Å²) in [7, 11) is -3.48. The Hall–Kier alpha value is -1.52. The fraction of sp³-hybridized carbons (Fsp3) is 0.294. The Morgan fingerprint density at radius 2 is 1.73 bits per heavy atom. The van der Waals surface area contributed by atoms with Gasteiger partial charge in [0.2, 0.25) is 10.0 Å². The predicted octanol–water partition coefficient (Wildman–Crippen LogP) is 4.80. The van der Waals surface area contributed by atoms with Gasteiger partial charge in [-0.15, -0.1) is 0 Å². The molecule has 0 fully saturated rings. The van der Waals surface area contributed by atoms with Gasteiger partial charge in [0, 0.05) is 10.7 Å². The zero-order chi connectivity index (χ0) is 16.2. The Bertz CT molecular complexity index is 727. The van der Waals surface area contributed by atoms with E-state index in [0.29, 0.717) is 22.2 Å². The lowest BCUT2D eigenvalue weighted by molar-refractivity contribution is 0.600. The van der Waals surface area contributed by atoms with Crippen LogP contribution in [0.5, 0.6) is 0 Å². The third kappa shape index (κ3) is 4.49. The molecule has 0 aromatic heterocycles. The largest absolute Gasteiger partial charge is 0.283 e. The number of hydrogen-bond acceptors (Lipinski definition) is 2. The van der Waals surface area contributed by atoms with Gasteiger partial charge in [0.05, 0.1) is 5.75 Å². The number of nitrogens with one attached hydrogen (secondary N) is 1. The number of anilines is 1. The van der Waals surface area contributed by atoms with Gasteiger partial charge in [-0.1, -0.05) is 55.8 Å². The van der Waals surface area contributed by atoms with Gasteiger partial charge in [-0.25, -0.2) is 8.42 Å². The van der Waals surface area contributed by atoms with Crippen molar-refractivity contribution in [1.29, 1.82) is 0 Å². The van der Waals surface area contributed by atoms with Crippen LogP contribution in [-0.4, -0.2) is 8.42 Å². The van der Waals surface area contributed by atoms with Gasteiger partial charge in [0.15, 0.2) is 0 Å². The molecule has 0 saturated heterocycles. The molecule has 118 valence electrons. The average Bonchev–Trinajstić information content (AvgIpc) is 2.49. The van der Waals surface area contributed by atoms with E-state index in [2.05, 4.69) is 18.6 Å². The van der Waals surface area contributed by atoms with Crippen molar-refractivity contribution in [2.75, 3.05) is 4.72 Å². The smallest absolute Gasteiger partial charge is 0.236 e. The van der Waals surface area contributed by atoms with Crippen LogP contribution in [0.3, 0.4) is 0 Å². The summed E-state index contributed by atoms with van der Waals surface area (Å²) < 4.78 is 27.0. The molecular formula is C17H20ClNO2S. The highest BCUT2D eigenvalue weighted by atomic mass is 35.5. The SMILES string of the molecule is CCC(C)c1ccc(NS(=O)(=O)Cc2ccccc2Cl)cc1. The van der Waals surface area contributed by atoms with Crippen molar-refractivity contribution in [2.45, 2.75) is 31.9 Å². The van der Waals surface area contributed by atoms with Gasteiger partial charge in [0.25, 0.3) is 0 Å². The number of hydrogen-bond donors (Lipinski definition) is 1. The fourth-order valence-electron chi connectivity index (χ4n) is 2.15. The molecule has 2 rings (SSSR count). The van der Waals surface area contributed by atoms with E-state index in [1.54, 1.807) is 36.4 Å². The molecule has 1 atom stereocenters. The average molecular weight is 338 g/mol. The van der Waals surface area contributed by atoms with Gasteiger partial charge in [-0.3, -0.25) is 4.72 Å². The third-order valence-corrected chi connectivity index (χ3v) is 5.28. The number of halogens is 1. The number of sulfonamides is 1. The maximum absolute atomic E-state index is 12.2. The van der Waals surface area contributed by atoms with Crippen LogP contribution >= 0.6 is 11.6 Å². The second kappa shape index (κ2) is 7.16. The van der Waals surface area contributed by atoms with E-state index in [0.717, 1.165) is 6.42 Å². The van der Waals surface area contributed by atoms with E-state index in [9.17, 15) is 8.42 Å². The molecular weight excluding hydrogens is 318 g/mol. The lowest BCUT2D eigenvalue weighted by Gasteiger charge is -2.12. The van der Waals surface area contributed by atoms with E-state index in [4.69, 9.17) is 11.6 Å². The second-order valence-electron chi connectivity index (χ2n) is 5.38. The standard InChI is InChI=1S/C17H20ClNO2S/c1-3-13(2)14-8-10-16(11-9-14)19-22(20,21)12-15-6-4-5-7-17(15)18/h4-11,13,19H,3,12H2,1-2H3. The van der Waals surface area contributed by atoms with Crippen LogP contribution in [0.4, 0.5) is 5.69 Å². The molecule has 2 aromatic carbocycles. The molecule has 0 saturated carbocycles. The first-order chi connectivity index (χ1) is 10.4. The monoisotopic (exact) mass is 337 g/mol. The lowest BCUT2D eigenvalue weighted by atomic mass is 9.99. The third-order valence-electron chi connectivity index (χ3n) is 3.67. The molecule has 2 aromatic rings. The van der Waals surface area contributed by atoms with Crippen LogP contribution in [0.15, 0.2) is 48.5 Å². The van der Waals surface area contributed by atoms with Crippen LogP contribution in [0.2, 0.25) is 5.02 Å². The van der Waals surface area contributed by atoms with Crippen molar-refractivity contribution in [3.63, 3.8) is 0 Å². The van der Waals surface area contributed by atoms with Gasteiger partial charge in [-0.05, 0) is 41.7 Å². The summed E-state index contributed by atoms with van der Waals surface area (Å²) in [4.78, 5) is 0. The van der Waals surface area contributed by atoms with Gasteiger partial charge in [-0.2, -0.15) is 0 Å². The molecule has 0 radical (unpaired) electrons. The highest BCUT2D eigenvalue weighted by molar-refractivity contribution is 7.91. The van der Waals surface area contributed by atoms with Gasteiger partial charge < -0.3 is 0 Å². The predicted molar refractivity (Wildman–Crippen MR) is 92.8 cm³/mol. The van der Waals surface area contributed by atoms with Crippen molar-refractivity contribution in [3.05, 3.63) is 64.7 Å². The molecule has 0 aliphatic rings. The minimum atomic E-state index is -3.48. The van der Waals surface area contributed by atoms with Crippen LogP contribution in [0.1, 0.15) is 37.3 Å². The normalized spacial score (nSPS) is 12.9. The molecule has 0 bridgehead atoms. The summed E-state index contributed by atoms with van der Waals surface area (Å²) in [6.45, 7) is 4.28. The molecule has 0 amide bonds. The van der Waals surface area contributed by atoms with Crippen LogP contribution in [-0.2, 0) is 15.8 Å². The minimum Gasteiger partial charge on any atom is -0.283 e.